The van der Waals surface area contributed by atoms with Crippen molar-refractivity contribution in [2.24, 2.45) is 11.8 Å². The number of hydrogen-bond donors (Lipinski definition) is 0. The summed E-state index contributed by atoms with van der Waals surface area (Å²) in [6.45, 7) is 53.8. The van der Waals surface area contributed by atoms with Gasteiger partial charge in [0, 0.05) is 12.3 Å². The molecule has 8 heteroatoms. The molecule has 4 nitrogen and oxygen atoms in total. The highest BCUT2D eigenvalue weighted by Gasteiger charge is 2.50. The molecule has 0 amide bonds. The van der Waals surface area contributed by atoms with Crippen LogP contribution in [-0.2, 0) is 17.7 Å². The minimum Gasteiger partial charge on any atom is -0.547 e. The summed E-state index contributed by atoms with van der Waals surface area (Å²) >= 11 is 0. The third-order valence-electron chi connectivity index (χ3n) is 13.9. The maximum atomic E-state index is 7.40. The smallest absolute Gasteiger partial charge is 0.250 e. The van der Waals surface area contributed by atoms with Gasteiger partial charge in [-0.15, -0.1) is 0 Å². The lowest BCUT2D eigenvalue weighted by Crippen LogP contribution is -2.45. The van der Waals surface area contributed by atoms with Gasteiger partial charge in [0.25, 0.3) is 0 Å². The van der Waals surface area contributed by atoms with E-state index in [0.717, 1.165) is 44.3 Å². The zero-order valence-corrected chi connectivity index (χ0v) is 43.4. The maximum Gasteiger partial charge on any atom is 0.250 e. The van der Waals surface area contributed by atoms with Crippen molar-refractivity contribution in [3.05, 3.63) is 36.6 Å². The molecule has 0 saturated heterocycles. The standard InChI is InChI=1S/C45H92O4Si4/c1-23-24-27-31-37(47-51(17,18)43(6,7)8)33-34-39-38(32-29-26-25-28-30-36(2)46-50(15,16)42(3,4)5)40(48-52(19,20)44(9,10)11)35-41(39)49-53(21,22)45(12,13)14/h26,29,33-34,37-41H,2,23-25,27-28,30-32,35H2,1,3-22H3/b29-26-,34-33+/t37-,38+,39+,40-,41+/m0/s1. The van der Waals surface area contributed by atoms with Gasteiger partial charge in [-0.2, -0.15) is 0 Å². The highest BCUT2D eigenvalue weighted by Crippen LogP contribution is 2.48. The molecule has 312 valence electrons. The summed E-state index contributed by atoms with van der Waals surface area (Å²) in [5.74, 6) is 1.58. The first-order valence-electron chi connectivity index (χ1n) is 21.4. The lowest BCUT2D eigenvalue weighted by Gasteiger charge is -2.40. The van der Waals surface area contributed by atoms with Crippen LogP contribution in [0, 0.1) is 11.8 Å². The Morgan fingerprint density at radius 2 is 1.15 bits per heavy atom. The molecule has 0 aromatic heterocycles. The zero-order valence-electron chi connectivity index (χ0n) is 39.4. The predicted molar refractivity (Wildman–Crippen MR) is 246 cm³/mol. The molecule has 1 rings (SSSR count). The van der Waals surface area contributed by atoms with Crippen LogP contribution in [-0.4, -0.2) is 51.6 Å². The van der Waals surface area contributed by atoms with Gasteiger partial charge in [-0.05, 0) is 111 Å². The van der Waals surface area contributed by atoms with Gasteiger partial charge in [0.2, 0.25) is 8.32 Å². The molecule has 0 aromatic carbocycles. The van der Waals surface area contributed by atoms with Crippen molar-refractivity contribution in [1.82, 2.24) is 0 Å². The van der Waals surface area contributed by atoms with Gasteiger partial charge in [0.1, 0.15) is 0 Å². The van der Waals surface area contributed by atoms with Crippen LogP contribution in [0.2, 0.25) is 72.5 Å². The molecule has 53 heavy (non-hydrogen) atoms. The second-order valence-electron chi connectivity index (χ2n) is 22.6. The van der Waals surface area contributed by atoms with E-state index in [-0.39, 0.29) is 44.4 Å². The van der Waals surface area contributed by atoms with Gasteiger partial charge in [-0.25, -0.2) is 0 Å². The fraction of sp³-hybridized carbons (Fsp3) is 0.867. The molecular weight excluding hydrogens is 717 g/mol. The molecule has 1 fully saturated rings. The van der Waals surface area contributed by atoms with Gasteiger partial charge in [0.15, 0.2) is 25.0 Å². The summed E-state index contributed by atoms with van der Waals surface area (Å²) in [7, 11) is -7.86. The van der Waals surface area contributed by atoms with Gasteiger partial charge < -0.3 is 17.7 Å². The number of allylic oxidation sites excluding steroid dienone is 3. The van der Waals surface area contributed by atoms with E-state index in [1.807, 2.05) is 0 Å². The van der Waals surface area contributed by atoms with Crippen LogP contribution in [0.1, 0.15) is 148 Å². The van der Waals surface area contributed by atoms with Crippen LogP contribution in [0.25, 0.3) is 0 Å². The first-order valence-corrected chi connectivity index (χ1v) is 33.1. The van der Waals surface area contributed by atoms with E-state index >= 15 is 0 Å². The van der Waals surface area contributed by atoms with Gasteiger partial charge in [0.05, 0.1) is 24.1 Å². The first kappa shape index (κ1) is 50.8. The van der Waals surface area contributed by atoms with Crippen molar-refractivity contribution in [2.45, 2.75) is 239 Å². The highest BCUT2D eigenvalue weighted by molar-refractivity contribution is 6.75. The summed E-state index contributed by atoms with van der Waals surface area (Å²) in [6.07, 6.45) is 20.0. The highest BCUT2D eigenvalue weighted by atomic mass is 28.4. The molecule has 1 aliphatic rings. The number of unbranched alkanes of at least 4 members (excludes halogenated alkanes) is 3. The van der Waals surface area contributed by atoms with Gasteiger partial charge >= 0.3 is 0 Å². The summed E-state index contributed by atoms with van der Waals surface area (Å²) < 4.78 is 28.4. The van der Waals surface area contributed by atoms with E-state index in [1.54, 1.807) is 0 Å². The fourth-order valence-corrected chi connectivity index (χ4v) is 11.2. The summed E-state index contributed by atoms with van der Waals surface area (Å²) in [5, 5.41) is 0.641. The lowest BCUT2D eigenvalue weighted by atomic mass is 9.89. The first-order chi connectivity index (χ1) is 23.7. The SMILES string of the molecule is C=C(CCC/C=C\C[C@@H]1[C@@H](/C=C/[C@H](CCCCC)O[Si](C)(C)C(C)(C)C)[C@H](O[Si](C)(C)C(C)(C)C)C[C@@H]1O[Si](C)(C)C(C)(C)C)O[Si](C)(C)C(C)(C)C. The van der Waals surface area contributed by atoms with Crippen molar-refractivity contribution in [3.63, 3.8) is 0 Å². The Bertz CT molecular complexity index is 1170. The minimum atomic E-state index is -2.04. The quantitative estimate of drug-likeness (QED) is 0.0531. The molecule has 5 atom stereocenters. The Morgan fingerprint density at radius 1 is 0.660 bits per heavy atom. The monoisotopic (exact) mass is 809 g/mol. The maximum absolute atomic E-state index is 7.40. The minimum absolute atomic E-state index is 0.133. The lowest BCUT2D eigenvalue weighted by molar-refractivity contribution is 0.129. The van der Waals surface area contributed by atoms with Crippen molar-refractivity contribution in [3.8, 4) is 0 Å². The van der Waals surface area contributed by atoms with E-state index in [9.17, 15) is 0 Å². The average Bonchev–Trinajstić information content (AvgIpc) is 3.24. The number of hydrogen-bond acceptors (Lipinski definition) is 4. The molecule has 0 bridgehead atoms. The van der Waals surface area contributed by atoms with Gasteiger partial charge in [-0.1, -0.05) is 140 Å². The summed E-state index contributed by atoms with van der Waals surface area (Å²) in [4.78, 5) is 0. The van der Waals surface area contributed by atoms with Crippen molar-refractivity contribution in [2.75, 3.05) is 0 Å². The summed E-state index contributed by atoms with van der Waals surface area (Å²) in [6, 6.07) is 0. The van der Waals surface area contributed by atoms with Crippen LogP contribution in [0.15, 0.2) is 36.6 Å². The Morgan fingerprint density at radius 3 is 1.62 bits per heavy atom. The molecule has 0 heterocycles. The van der Waals surface area contributed by atoms with Crippen LogP contribution in [0.3, 0.4) is 0 Å². The molecule has 0 spiro atoms. The Balaban J connectivity index is 3.53. The molecule has 0 aromatic rings. The topological polar surface area (TPSA) is 36.9 Å². The Kier molecular flexibility index (Phi) is 18.7. The third-order valence-corrected chi connectivity index (χ3v) is 31.8. The molecule has 0 aliphatic heterocycles. The normalized spacial score (nSPS) is 22.3. The molecule has 1 aliphatic carbocycles. The van der Waals surface area contributed by atoms with Crippen LogP contribution in [0.5, 0.6) is 0 Å². The van der Waals surface area contributed by atoms with E-state index in [0.29, 0.717) is 5.92 Å². The Labute approximate surface area is 336 Å². The van der Waals surface area contributed by atoms with Crippen molar-refractivity contribution >= 4 is 33.3 Å². The van der Waals surface area contributed by atoms with Crippen molar-refractivity contribution in [1.29, 1.82) is 0 Å². The number of rotatable bonds is 20. The molecule has 0 N–H and O–H groups in total. The van der Waals surface area contributed by atoms with Crippen LogP contribution >= 0.6 is 0 Å². The summed E-state index contributed by atoms with van der Waals surface area (Å²) in [5.41, 5.74) is 0. The second-order valence-corrected chi connectivity index (χ2v) is 41.6. The van der Waals surface area contributed by atoms with Crippen LogP contribution < -0.4 is 0 Å². The second kappa shape index (κ2) is 19.5. The average molecular weight is 810 g/mol. The van der Waals surface area contributed by atoms with Gasteiger partial charge in [-0.3, -0.25) is 0 Å². The molecule has 0 unspecified atom stereocenters. The van der Waals surface area contributed by atoms with E-state index in [4.69, 9.17) is 17.7 Å². The van der Waals surface area contributed by atoms with E-state index < -0.39 is 33.3 Å². The largest absolute Gasteiger partial charge is 0.547 e. The molecule has 0 radical (unpaired) electrons. The van der Waals surface area contributed by atoms with Crippen LogP contribution in [0.4, 0.5) is 0 Å². The molecular formula is C45H92O4Si4. The van der Waals surface area contributed by atoms with Crippen molar-refractivity contribution < 1.29 is 17.7 Å². The van der Waals surface area contributed by atoms with E-state index in [2.05, 4.69) is 173 Å². The zero-order chi connectivity index (χ0) is 41.5. The third kappa shape index (κ3) is 15.6. The van der Waals surface area contributed by atoms with E-state index in [1.165, 1.54) is 19.3 Å². The fourth-order valence-electron chi connectivity index (χ4n) is 5.98. The Hall–Kier alpha value is -0.232. The molecule has 1 saturated carbocycles. The predicted octanol–water partition coefficient (Wildman–Crippen LogP) is 15.6.